The molecular weight excluding hydrogens is 530 g/mol. The minimum atomic E-state index is -3.75. The number of nitrogens with one attached hydrogen (secondary N) is 1. The number of hydrogen-bond acceptors (Lipinski definition) is 4. The first-order valence-electron chi connectivity index (χ1n) is 11.7. The van der Waals surface area contributed by atoms with E-state index in [0.717, 1.165) is 32.6 Å². The molecule has 9 heteroatoms. The molecule has 2 rings (SSSR count). The van der Waals surface area contributed by atoms with Crippen LogP contribution in [0.25, 0.3) is 0 Å². The Bertz CT molecular complexity index is 1100. The molecule has 0 heterocycles. The zero-order chi connectivity index (χ0) is 26.3. The average Bonchev–Trinajstić information content (AvgIpc) is 2.80. The molecule has 2 aromatic rings. The van der Waals surface area contributed by atoms with Gasteiger partial charge in [-0.2, -0.15) is 0 Å². The molecule has 7 nitrogen and oxygen atoms in total. The lowest BCUT2D eigenvalue weighted by Gasteiger charge is -2.32. The largest absolute Gasteiger partial charge is 0.352 e. The van der Waals surface area contributed by atoms with Gasteiger partial charge in [-0.15, -0.1) is 0 Å². The van der Waals surface area contributed by atoms with Gasteiger partial charge < -0.3 is 10.2 Å². The minimum absolute atomic E-state index is 0.0402. The lowest BCUT2D eigenvalue weighted by Crippen LogP contribution is -2.52. The monoisotopic (exact) mass is 565 g/mol. The molecule has 0 aliphatic rings. The average molecular weight is 567 g/mol. The van der Waals surface area contributed by atoms with Gasteiger partial charge in [-0.3, -0.25) is 13.9 Å². The fraction of sp³-hybridized carbons (Fsp3) is 0.462. The summed E-state index contributed by atoms with van der Waals surface area (Å²) in [6.07, 6.45) is 1.84. The van der Waals surface area contributed by atoms with Crippen LogP contribution in [0, 0.1) is 0 Å². The summed E-state index contributed by atoms with van der Waals surface area (Å²) in [4.78, 5) is 27.9. The van der Waals surface area contributed by atoms with E-state index >= 15 is 0 Å². The van der Waals surface area contributed by atoms with Crippen molar-refractivity contribution in [2.24, 2.45) is 0 Å². The van der Waals surface area contributed by atoms with Crippen molar-refractivity contribution in [2.45, 2.75) is 65.6 Å². The summed E-state index contributed by atoms with van der Waals surface area (Å²) in [5, 5.41) is 2.92. The number of carbonyl (C=O) groups is 2. The van der Waals surface area contributed by atoms with Crippen LogP contribution in [0.15, 0.2) is 53.0 Å². The van der Waals surface area contributed by atoms with Crippen LogP contribution < -0.4 is 9.62 Å². The number of rotatable bonds is 11. The molecule has 0 aliphatic carbocycles. The number of benzene rings is 2. The van der Waals surface area contributed by atoms with E-state index in [1.165, 1.54) is 4.90 Å². The Labute approximate surface area is 218 Å². The van der Waals surface area contributed by atoms with Gasteiger partial charge in [0.05, 0.1) is 11.9 Å². The highest BCUT2D eigenvalue weighted by molar-refractivity contribution is 9.10. The molecule has 35 heavy (non-hydrogen) atoms. The normalized spacial score (nSPS) is 13.3. The smallest absolute Gasteiger partial charge is 0.244 e. The van der Waals surface area contributed by atoms with Gasteiger partial charge in [0, 0.05) is 17.1 Å². The summed E-state index contributed by atoms with van der Waals surface area (Å²) < 4.78 is 27.3. The number of sulfonamides is 1. The highest BCUT2D eigenvalue weighted by Crippen LogP contribution is 2.23. The fourth-order valence-corrected chi connectivity index (χ4v) is 4.59. The van der Waals surface area contributed by atoms with Gasteiger partial charge in [0.1, 0.15) is 12.6 Å². The Kier molecular flexibility index (Phi) is 10.3. The Morgan fingerprint density at radius 1 is 0.971 bits per heavy atom. The maximum Gasteiger partial charge on any atom is 0.244 e. The van der Waals surface area contributed by atoms with Crippen molar-refractivity contribution in [1.29, 1.82) is 0 Å². The second-order valence-electron chi connectivity index (χ2n) is 9.16. The lowest BCUT2D eigenvalue weighted by atomic mass is 10.0. The summed E-state index contributed by atoms with van der Waals surface area (Å²) in [7, 11) is -3.75. The van der Waals surface area contributed by atoms with E-state index in [4.69, 9.17) is 0 Å². The van der Waals surface area contributed by atoms with Gasteiger partial charge in [0.15, 0.2) is 0 Å². The molecule has 0 bridgehead atoms. The van der Waals surface area contributed by atoms with Crippen molar-refractivity contribution in [2.75, 3.05) is 17.1 Å². The maximum absolute atomic E-state index is 13.6. The molecule has 0 aliphatic heterocycles. The van der Waals surface area contributed by atoms with Gasteiger partial charge >= 0.3 is 0 Å². The van der Waals surface area contributed by atoms with E-state index in [-0.39, 0.29) is 18.5 Å². The van der Waals surface area contributed by atoms with Crippen LogP contribution >= 0.6 is 15.9 Å². The molecule has 2 aromatic carbocycles. The minimum Gasteiger partial charge on any atom is -0.352 e. The predicted molar refractivity (Wildman–Crippen MR) is 145 cm³/mol. The van der Waals surface area contributed by atoms with Gasteiger partial charge in [0.2, 0.25) is 21.8 Å². The topological polar surface area (TPSA) is 86.8 Å². The summed E-state index contributed by atoms with van der Waals surface area (Å²) in [6.45, 7) is 9.41. The Morgan fingerprint density at radius 3 is 2.03 bits per heavy atom. The third-order valence-corrected chi connectivity index (χ3v) is 7.63. The number of nitrogens with zero attached hydrogens (tertiary/aromatic N) is 2. The molecule has 2 amide bonds. The van der Waals surface area contributed by atoms with Crippen LogP contribution in [0.5, 0.6) is 0 Å². The molecule has 0 radical (unpaired) electrons. The molecular formula is C26H36BrN3O4S. The highest BCUT2D eigenvalue weighted by atomic mass is 79.9. The summed E-state index contributed by atoms with van der Waals surface area (Å²) in [5.74, 6) is -0.446. The van der Waals surface area contributed by atoms with Crippen molar-refractivity contribution in [3.8, 4) is 0 Å². The quantitative estimate of drug-likeness (QED) is 0.429. The van der Waals surface area contributed by atoms with Crippen molar-refractivity contribution in [3.05, 3.63) is 64.1 Å². The fourth-order valence-electron chi connectivity index (χ4n) is 3.47. The van der Waals surface area contributed by atoms with E-state index in [2.05, 4.69) is 35.1 Å². The third kappa shape index (κ3) is 8.35. The van der Waals surface area contributed by atoms with Gasteiger partial charge in [-0.1, -0.05) is 61.0 Å². The molecule has 2 atom stereocenters. The van der Waals surface area contributed by atoms with Crippen LogP contribution in [-0.2, 0) is 26.2 Å². The third-order valence-electron chi connectivity index (χ3n) is 5.96. The molecule has 0 saturated carbocycles. The van der Waals surface area contributed by atoms with Crippen molar-refractivity contribution >= 4 is 43.5 Å². The summed E-state index contributed by atoms with van der Waals surface area (Å²) >= 11 is 3.40. The van der Waals surface area contributed by atoms with Crippen molar-refractivity contribution in [1.82, 2.24) is 10.2 Å². The van der Waals surface area contributed by atoms with Crippen LogP contribution in [-0.4, -0.2) is 50.0 Å². The second-order valence-corrected chi connectivity index (χ2v) is 12.0. The number of anilines is 1. The number of hydrogen-bond donors (Lipinski definition) is 1. The molecule has 0 saturated heterocycles. The van der Waals surface area contributed by atoms with E-state index < -0.39 is 28.5 Å². The first kappa shape index (κ1) is 28.8. The first-order chi connectivity index (χ1) is 16.3. The molecule has 1 N–H and O–H groups in total. The van der Waals surface area contributed by atoms with Crippen molar-refractivity contribution in [3.63, 3.8) is 0 Å². The number of halogens is 1. The molecule has 192 valence electrons. The van der Waals surface area contributed by atoms with E-state index in [1.807, 2.05) is 50.2 Å². The summed E-state index contributed by atoms with van der Waals surface area (Å²) in [5.41, 5.74) is 2.31. The van der Waals surface area contributed by atoms with Gasteiger partial charge in [-0.25, -0.2) is 8.42 Å². The molecule has 0 aromatic heterocycles. The molecule has 0 spiro atoms. The van der Waals surface area contributed by atoms with E-state index in [1.54, 1.807) is 19.1 Å². The van der Waals surface area contributed by atoms with Crippen LogP contribution in [0.4, 0.5) is 5.69 Å². The number of amides is 2. The molecule has 0 unspecified atom stereocenters. The Balaban J connectivity index is 2.37. The first-order valence-corrected chi connectivity index (χ1v) is 14.4. The van der Waals surface area contributed by atoms with Gasteiger partial charge in [0.25, 0.3) is 0 Å². The standard InChI is InChI=1S/C26H36BrN3O4S/c1-7-19(4)28-26(32)20(5)29(16-21-8-12-23(27)13-9-21)25(31)17-30(35(6,33)34)24-14-10-22(11-15-24)18(2)3/h8-15,18-20H,7,16-17H2,1-6H3,(H,28,32)/t19-,20+/m0/s1. The highest BCUT2D eigenvalue weighted by Gasteiger charge is 2.30. The molecule has 0 fully saturated rings. The predicted octanol–water partition coefficient (Wildman–Crippen LogP) is 4.67. The maximum atomic E-state index is 13.6. The summed E-state index contributed by atoms with van der Waals surface area (Å²) in [6, 6.07) is 13.8. The van der Waals surface area contributed by atoms with Crippen molar-refractivity contribution < 1.29 is 18.0 Å². The van der Waals surface area contributed by atoms with Gasteiger partial charge in [-0.05, 0) is 61.6 Å². The zero-order valence-electron chi connectivity index (χ0n) is 21.3. The zero-order valence-corrected chi connectivity index (χ0v) is 23.7. The van der Waals surface area contributed by atoms with E-state index in [9.17, 15) is 18.0 Å². The van der Waals surface area contributed by atoms with E-state index in [0.29, 0.717) is 11.6 Å². The Morgan fingerprint density at radius 2 is 1.54 bits per heavy atom. The number of carbonyl (C=O) groups excluding carboxylic acids is 2. The Hall–Kier alpha value is -2.39. The van der Waals surface area contributed by atoms with Crippen LogP contribution in [0.3, 0.4) is 0 Å². The SMILES string of the molecule is CC[C@H](C)NC(=O)[C@@H](C)N(Cc1ccc(Br)cc1)C(=O)CN(c1ccc(C(C)C)cc1)S(C)(=O)=O. The lowest BCUT2D eigenvalue weighted by molar-refractivity contribution is -0.139. The second kappa shape index (κ2) is 12.5. The van der Waals surface area contributed by atoms with Crippen LogP contribution in [0.1, 0.15) is 58.1 Å². The van der Waals surface area contributed by atoms with Crippen LogP contribution in [0.2, 0.25) is 0 Å².